The van der Waals surface area contributed by atoms with Gasteiger partial charge < -0.3 is 5.73 Å². The molecule has 0 aromatic heterocycles. The Bertz CT molecular complexity index is 258. The molecule has 4 heteroatoms. The summed E-state index contributed by atoms with van der Waals surface area (Å²) in [6.45, 7) is 5.28. The van der Waals surface area contributed by atoms with Gasteiger partial charge in [-0.3, -0.25) is 4.99 Å². The van der Waals surface area contributed by atoms with E-state index in [-0.39, 0.29) is 0 Å². The number of allylic oxidation sites excluding steroid dienone is 1. The molecule has 0 aliphatic heterocycles. The van der Waals surface area contributed by atoms with E-state index in [1.54, 1.807) is 20.8 Å². The highest BCUT2D eigenvalue weighted by molar-refractivity contribution is 9.12. The molecule has 0 radical (unpaired) electrons. The number of hydrogen-bond donors (Lipinski definition) is 1. The summed E-state index contributed by atoms with van der Waals surface area (Å²) >= 11 is 3.22. The van der Waals surface area contributed by atoms with Crippen molar-refractivity contribution in [3.8, 4) is 6.07 Å². The van der Waals surface area contributed by atoms with E-state index in [9.17, 15) is 0 Å². The third kappa shape index (κ3) is 3.54. The first-order valence-corrected chi connectivity index (χ1v) is 4.27. The van der Waals surface area contributed by atoms with Crippen LogP contribution >= 0.6 is 15.9 Å². The van der Waals surface area contributed by atoms with Gasteiger partial charge in [0.05, 0.1) is 10.6 Å². The van der Waals surface area contributed by atoms with Crippen molar-refractivity contribution >= 4 is 21.6 Å². The van der Waals surface area contributed by atoms with Crippen LogP contribution < -0.4 is 5.73 Å². The average Bonchev–Trinajstić information content (AvgIpc) is 2.02. The van der Waals surface area contributed by atoms with Crippen LogP contribution in [0.15, 0.2) is 15.7 Å². The van der Waals surface area contributed by atoms with Crippen LogP contribution in [0.5, 0.6) is 0 Å². The Morgan fingerprint density at radius 3 is 2.50 bits per heavy atom. The first kappa shape index (κ1) is 11.2. The molecule has 0 bridgehead atoms. The maximum Gasteiger partial charge on any atom is 0.141 e. The molecule has 3 nitrogen and oxygen atoms in total. The fourth-order valence-electron chi connectivity index (χ4n) is 0.618. The summed E-state index contributed by atoms with van der Waals surface area (Å²) in [6, 6.07) is 2.07. The Morgan fingerprint density at radius 2 is 2.17 bits per heavy atom. The molecule has 0 amide bonds. The first-order valence-electron chi connectivity index (χ1n) is 3.48. The van der Waals surface area contributed by atoms with E-state index >= 15 is 0 Å². The quantitative estimate of drug-likeness (QED) is 0.737. The van der Waals surface area contributed by atoms with Gasteiger partial charge in [-0.2, -0.15) is 5.26 Å². The van der Waals surface area contributed by atoms with Crippen LogP contribution in [0.4, 0.5) is 0 Å². The predicted molar refractivity (Wildman–Crippen MR) is 54.0 cm³/mol. The lowest BCUT2D eigenvalue weighted by Crippen LogP contribution is -2.15. The predicted octanol–water partition coefficient (Wildman–Crippen LogP) is 1.94. The molecule has 0 fully saturated rings. The standard InChI is InChI=1S/C8H12BrN3/c1-6(7(9)4-10)12-8(2,3)5-11/h4H,10H2,1-3H3. The molecule has 66 valence electrons. The van der Waals surface area contributed by atoms with Crippen LogP contribution in [0.2, 0.25) is 0 Å². The van der Waals surface area contributed by atoms with Gasteiger partial charge in [-0.1, -0.05) is 0 Å². The highest BCUT2D eigenvalue weighted by Crippen LogP contribution is 2.12. The molecule has 12 heavy (non-hydrogen) atoms. The highest BCUT2D eigenvalue weighted by Gasteiger charge is 2.14. The maximum atomic E-state index is 8.67. The first-order chi connectivity index (χ1) is 5.43. The molecule has 0 rings (SSSR count). The summed E-state index contributed by atoms with van der Waals surface area (Å²) in [5, 5.41) is 8.67. The average molecular weight is 230 g/mol. The molecule has 0 saturated heterocycles. The van der Waals surface area contributed by atoms with Gasteiger partial charge in [-0.15, -0.1) is 0 Å². The number of nitriles is 1. The van der Waals surface area contributed by atoms with Crippen molar-refractivity contribution in [2.24, 2.45) is 10.7 Å². The molecule has 0 spiro atoms. The molecule has 2 N–H and O–H groups in total. The lowest BCUT2D eigenvalue weighted by Gasteiger charge is -2.10. The Balaban J connectivity index is 4.71. The second-order valence-corrected chi connectivity index (χ2v) is 3.74. The van der Waals surface area contributed by atoms with Gasteiger partial charge in [0.2, 0.25) is 0 Å². The zero-order chi connectivity index (χ0) is 9.78. The Morgan fingerprint density at radius 1 is 1.67 bits per heavy atom. The fourth-order valence-corrected chi connectivity index (χ4v) is 0.707. The maximum absolute atomic E-state index is 8.67. The van der Waals surface area contributed by atoms with E-state index in [0.29, 0.717) is 4.48 Å². The van der Waals surface area contributed by atoms with Crippen molar-refractivity contribution in [2.45, 2.75) is 26.3 Å². The van der Waals surface area contributed by atoms with Gasteiger partial charge in [0.15, 0.2) is 0 Å². The molecular weight excluding hydrogens is 218 g/mol. The van der Waals surface area contributed by atoms with E-state index in [1.807, 2.05) is 0 Å². The van der Waals surface area contributed by atoms with Crippen molar-refractivity contribution in [1.82, 2.24) is 0 Å². The summed E-state index contributed by atoms with van der Waals surface area (Å²) in [4.78, 5) is 4.16. The van der Waals surface area contributed by atoms with Crippen LogP contribution in [-0.4, -0.2) is 11.3 Å². The van der Waals surface area contributed by atoms with Crippen LogP contribution in [-0.2, 0) is 0 Å². The Hall–Kier alpha value is -0.820. The van der Waals surface area contributed by atoms with Crippen LogP contribution in [0.25, 0.3) is 0 Å². The van der Waals surface area contributed by atoms with E-state index < -0.39 is 5.54 Å². The van der Waals surface area contributed by atoms with Gasteiger partial charge in [0.25, 0.3) is 0 Å². The topological polar surface area (TPSA) is 62.2 Å². The lowest BCUT2D eigenvalue weighted by atomic mass is 10.1. The van der Waals surface area contributed by atoms with Crippen molar-refractivity contribution in [1.29, 1.82) is 5.26 Å². The Kier molecular flexibility index (Phi) is 3.98. The van der Waals surface area contributed by atoms with Gasteiger partial charge in [-0.05, 0) is 36.7 Å². The molecular formula is C8H12BrN3. The molecule has 0 unspecified atom stereocenters. The molecule has 0 aliphatic rings. The normalized spacial score (nSPS) is 14.2. The molecule has 0 aromatic rings. The van der Waals surface area contributed by atoms with Crippen molar-refractivity contribution in [3.05, 3.63) is 10.7 Å². The monoisotopic (exact) mass is 229 g/mol. The van der Waals surface area contributed by atoms with Gasteiger partial charge in [-0.25, -0.2) is 0 Å². The second kappa shape index (κ2) is 4.27. The van der Waals surface area contributed by atoms with Gasteiger partial charge in [0, 0.05) is 11.9 Å². The number of aliphatic imine (C=N–C) groups is 1. The van der Waals surface area contributed by atoms with Crippen molar-refractivity contribution < 1.29 is 0 Å². The Labute approximate surface area is 81.1 Å². The summed E-state index contributed by atoms with van der Waals surface area (Å²) in [5.41, 5.74) is 5.30. The van der Waals surface area contributed by atoms with Crippen LogP contribution in [0, 0.1) is 11.3 Å². The van der Waals surface area contributed by atoms with E-state index in [1.165, 1.54) is 6.20 Å². The summed E-state index contributed by atoms with van der Waals surface area (Å²) in [6.07, 6.45) is 1.41. The third-order valence-electron chi connectivity index (χ3n) is 1.21. The SMILES string of the molecule is CC(=NC(C)(C)C#N)C(Br)=CN. The van der Waals surface area contributed by atoms with Crippen molar-refractivity contribution in [3.63, 3.8) is 0 Å². The van der Waals surface area contributed by atoms with Crippen LogP contribution in [0.3, 0.4) is 0 Å². The smallest absolute Gasteiger partial charge is 0.141 e. The van der Waals surface area contributed by atoms with E-state index in [4.69, 9.17) is 11.0 Å². The molecule has 0 atom stereocenters. The third-order valence-corrected chi connectivity index (χ3v) is 2.05. The number of nitrogens with two attached hydrogens (primary N) is 1. The molecule has 0 aromatic carbocycles. The minimum Gasteiger partial charge on any atom is -0.404 e. The molecule has 0 saturated carbocycles. The van der Waals surface area contributed by atoms with E-state index in [2.05, 4.69) is 27.0 Å². The van der Waals surface area contributed by atoms with Gasteiger partial charge >= 0.3 is 0 Å². The zero-order valence-electron chi connectivity index (χ0n) is 7.43. The van der Waals surface area contributed by atoms with Gasteiger partial charge in [0.1, 0.15) is 5.54 Å². The summed E-state index contributed by atoms with van der Waals surface area (Å²) in [7, 11) is 0. The van der Waals surface area contributed by atoms with Crippen LogP contribution in [0.1, 0.15) is 20.8 Å². The largest absolute Gasteiger partial charge is 0.404 e. The fraction of sp³-hybridized carbons (Fsp3) is 0.500. The number of nitrogens with zero attached hydrogens (tertiary/aromatic N) is 2. The van der Waals surface area contributed by atoms with Crippen molar-refractivity contribution in [2.75, 3.05) is 0 Å². The number of halogens is 1. The molecule has 0 heterocycles. The second-order valence-electron chi connectivity index (χ2n) is 2.88. The highest BCUT2D eigenvalue weighted by atomic mass is 79.9. The lowest BCUT2D eigenvalue weighted by molar-refractivity contribution is 0.673. The molecule has 0 aliphatic carbocycles. The van der Waals surface area contributed by atoms with E-state index in [0.717, 1.165) is 5.71 Å². The summed E-state index contributed by atoms with van der Waals surface area (Å²) in [5.74, 6) is 0. The minimum atomic E-state index is -0.688. The zero-order valence-corrected chi connectivity index (χ0v) is 9.01. The summed E-state index contributed by atoms with van der Waals surface area (Å²) < 4.78 is 0.714. The number of hydrogen-bond acceptors (Lipinski definition) is 3. The minimum absolute atomic E-state index is 0.688. The number of rotatable bonds is 2.